The van der Waals surface area contributed by atoms with Crippen LogP contribution < -0.4 is 9.47 Å². The van der Waals surface area contributed by atoms with Crippen LogP contribution in [0.5, 0.6) is 11.5 Å². The van der Waals surface area contributed by atoms with Gasteiger partial charge in [0, 0.05) is 0 Å². The SMILES string of the molecule is C1CCC(P(C2CCCCC2)C2CCCCC2)CC1.CC(C)Oc1cc(OC(C)C)c2c(c1)C(c1ccccc1)=C[C]2=[Ru]([Cl])[Cl]. The van der Waals surface area contributed by atoms with Gasteiger partial charge in [0.25, 0.3) is 0 Å². The molecule has 0 unspecified atom stereocenters. The molecule has 4 aliphatic rings. The molecule has 0 atom stereocenters. The van der Waals surface area contributed by atoms with Crippen molar-refractivity contribution in [3.63, 3.8) is 0 Å². The molecular formula is C39H55Cl2O2PRu. The van der Waals surface area contributed by atoms with Crippen molar-refractivity contribution in [3.8, 4) is 11.5 Å². The van der Waals surface area contributed by atoms with E-state index in [0.717, 1.165) is 37.9 Å². The standard InChI is InChI=1S/C21H22O2.C18H33P.2ClH.Ru/c1-14(2)22-17-12-20-18(16-8-6-5-7-9-16)10-11-19(20)21(13-17)23-15(3)4;1-4-10-16(11-5-1)19(17-12-6-2-7-13-17)18-14-8-3-9-15-18;;;/h5-10,12-15H,1-4H3;16-18H,1-15H2;2*1H;/q;;;;+2/p-2. The van der Waals surface area contributed by atoms with Crippen molar-refractivity contribution in [1.29, 1.82) is 0 Å². The van der Waals surface area contributed by atoms with Crippen LogP contribution >= 0.6 is 27.3 Å². The van der Waals surface area contributed by atoms with Crippen molar-refractivity contribution in [2.75, 3.05) is 0 Å². The summed E-state index contributed by atoms with van der Waals surface area (Å²) in [6.45, 7) is 8.06. The maximum atomic E-state index is 6.44. The predicted octanol–water partition coefficient (Wildman–Crippen LogP) is 12.6. The van der Waals surface area contributed by atoms with Gasteiger partial charge in [-0.3, -0.25) is 0 Å². The van der Waals surface area contributed by atoms with E-state index in [2.05, 4.69) is 24.3 Å². The second-order valence-corrected chi connectivity index (χ2v) is 22.8. The second kappa shape index (κ2) is 17.6. The van der Waals surface area contributed by atoms with Crippen LogP contribution in [0.15, 0.2) is 48.5 Å². The number of ether oxygens (including phenoxy) is 2. The van der Waals surface area contributed by atoms with Crippen molar-refractivity contribution in [2.45, 2.75) is 153 Å². The summed E-state index contributed by atoms with van der Waals surface area (Å²) in [6.07, 6.45) is 25.9. The molecule has 250 valence electrons. The third kappa shape index (κ3) is 9.68. The molecule has 2 aromatic rings. The topological polar surface area (TPSA) is 18.5 Å². The molecule has 0 aliphatic heterocycles. The van der Waals surface area contributed by atoms with Crippen LogP contribution in [0.4, 0.5) is 0 Å². The third-order valence-electron chi connectivity index (χ3n) is 9.82. The Hall–Kier alpha value is -0.717. The number of hydrogen-bond donors (Lipinski definition) is 0. The first-order chi connectivity index (χ1) is 21.8. The molecule has 4 aliphatic carbocycles. The summed E-state index contributed by atoms with van der Waals surface area (Å²) < 4.78 is 13.1. The monoisotopic (exact) mass is 758 g/mol. The van der Waals surface area contributed by atoms with Gasteiger partial charge in [-0.15, -0.1) is 0 Å². The fourth-order valence-electron chi connectivity index (χ4n) is 8.00. The fraction of sp³-hybridized carbons (Fsp3) is 0.615. The van der Waals surface area contributed by atoms with Gasteiger partial charge < -0.3 is 0 Å². The quantitative estimate of drug-likeness (QED) is 0.197. The van der Waals surface area contributed by atoms with Gasteiger partial charge in [0.1, 0.15) is 0 Å². The van der Waals surface area contributed by atoms with E-state index in [1.54, 1.807) is 77.0 Å². The average Bonchev–Trinajstić information content (AvgIpc) is 3.43. The van der Waals surface area contributed by atoms with E-state index >= 15 is 0 Å². The fourth-order valence-corrected chi connectivity index (χ4v) is 15.1. The molecule has 3 saturated carbocycles. The number of fused-ring (bicyclic) bond motifs is 1. The molecule has 6 rings (SSSR count). The maximum absolute atomic E-state index is 6.44. The Balaban J connectivity index is 0.000000186. The first-order valence-corrected chi connectivity index (χ1v) is 24.6. The van der Waals surface area contributed by atoms with Crippen LogP contribution in [0.25, 0.3) is 5.57 Å². The van der Waals surface area contributed by atoms with E-state index in [-0.39, 0.29) is 12.2 Å². The predicted molar refractivity (Wildman–Crippen MR) is 195 cm³/mol. The zero-order valence-corrected chi connectivity index (χ0v) is 32.1. The van der Waals surface area contributed by atoms with E-state index < -0.39 is 13.5 Å². The van der Waals surface area contributed by atoms with E-state index in [4.69, 9.17) is 28.9 Å². The molecule has 0 aromatic heterocycles. The summed E-state index contributed by atoms with van der Waals surface area (Å²) in [4.78, 5) is 0. The molecule has 0 bridgehead atoms. The Labute approximate surface area is 288 Å². The van der Waals surface area contributed by atoms with Crippen LogP contribution in [0, 0.1) is 0 Å². The van der Waals surface area contributed by atoms with Crippen LogP contribution in [0.3, 0.4) is 0 Å². The van der Waals surface area contributed by atoms with Crippen molar-refractivity contribution < 1.29 is 23.0 Å². The Kier molecular flexibility index (Phi) is 13.9. The number of hydrogen-bond acceptors (Lipinski definition) is 2. The van der Waals surface area contributed by atoms with Crippen molar-refractivity contribution >= 4 is 37.0 Å². The summed E-state index contributed by atoms with van der Waals surface area (Å²) in [5.41, 5.74) is 7.89. The van der Waals surface area contributed by atoms with Crippen molar-refractivity contribution in [3.05, 3.63) is 65.2 Å². The molecule has 2 nitrogen and oxygen atoms in total. The van der Waals surface area contributed by atoms with Gasteiger partial charge in [0.2, 0.25) is 0 Å². The molecule has 0 heterocycles. The molecule has 0 amide bonds. The van der Waals surface area contributed by atoms with Gasteiger partial charge in [-0.25, -0.2) is 0 Å². The average molecular weight is 759 g/mol. The number of rotatable bonds is 8. The van der Waals surface area contributed by atoms with E-state index in [9.17, 15) is 0 Å². The molecule has 0 radical (unpaired) electrons. The summed E-state index contributed by atoms with van der Waals surface area (Å²) in [6, 6.07) is 14.3. The van der Waals surface area contributed by atoms with E-state index in [1.165, 1.54) is 36.2 Å². The molecule has 6 heteroatoms. The summed E-state index contributed by atoms with van der Waals surface area (Å²) >= 11 is -2.12. The van der Waals surface area contributed by atoms with Gasteiger partial charge >= 0.3 is 169 Å². The Morgan fingerprint density at radius 3 is 1.60 bits per heavy atom. The van der Waals surface area contributed by atoms with E-state index in [1.807, 2.05) is 52.0 Å². The van der Waals surface area contributed by atoms with Crippen molar-refractivity contribution in [2.24, 2.45) is 0 Å². The van der Waals surface area contributed by atoms with Crippen molar-refractivity contribution in [1.82, 2.24) is 0 Å². The minimum atomic E-state index is -2.12. The third-order valence-corrected chi connectivity index (χ3v) is 17.0. The van der Waals surface area contributed by atoms with Crippen LogP contribution in [0.1, 0.15) is 141 Å². The summed E-state index contributed by atoms with van der Waals surface area (Å²) in [7, 11) is 13.3. The zero-order valence-electron chi connectivity index (χ0n) is 28.0. The van der Waals surface area contributed by atoms with Gasteiger partial charge in [0.05, 0.1) is 0 Å². The molecule has 2 aromatic carbocycles. The molecule has 0 N–H and O–H groups in total. The molecule has 3 fully saturated rings. The van der Waals surface area contributed by atoms with Crippen LogP contribution in [-0.2, 0) is 13.5 Å². The Bertz CT molecular complexity index is 1240. The minimum absolute atomic E-state index is 0.0433. The van der Waals surface area contributed by atoms with Crippen LogP contribution in [-0.4, -0.2) is 33.3 Å². The van der Waals surface area contributed by atoms with Gasteiger partial charge in [-0.05, 0) is 55.5 Å². The summed E-state index contributed by atoms with van der Waals surface area (Å²) in [5.74, 6) is 1.57. The first kappa shape index (κ1) is 35.6. The normalized spacial score (nSPS) is 20.2. The Morgan fingerprint density at radius 1 is 0.667 bits per heavy atom. The molecule has 0 saturated heterocycles. The Morgan fingerprint density at radius 2 is 1.16 bits per heavy atom. The number of allylic oxidation sites excluding steroid dienone is 1. The zero-order chi connectivity index (χ0) is 31.8. The first-order valence-electron chi connectivity index (χ1n) is 17.7. The van der Waals surface area contributed by atoms with Crippen LogP contribution in [0.2, 0.25) is 0 Å². The van der Waals surface area contributed by atoms with Gasteiger partial charge in [0.15, 0.2) is 0 Å². The van der Waals surface area contributed by atoms with Gasteiger partial charge in [-0.1, -0.05) is 65.7 Å². The van der Waals surface area contributed by atoms with E-state index in [0.29, 0.717) is 7.92 Å². The molecular weight excluding hydrogens is 703 g/mol. The number of halogens is 2. The van der Waals surface area contributed by atoms with Gasteiger partial charge in [-0.2, -0.15) is 0 Å². The number of benzene rings is 2. The summed E-state index contributed by atoms with van der Waals surface area (Å²) in [5, 5.41) is 0. The molecule has 45 heavy (non-hydrogen) atoms. The second-order valence-electron chi connectivity index (χ2n) is 13.9. The molecule has 0 spiro atoms.